The van der Waals surface area contributed by atoms with Crippen LogP contribution in [0.15, 0.2) is 30.0 Å². The second-order valence-corrected chi connectivity index (χ2v) is 7.46. The first-order valence-corrected chi connectivity index (χ1v) is 9.98. The van der Waals surface area contributed by atoms with Gasteiger partial charge in [0.25, 0.3) is 0 Å². The van der Waals surface area contributed by atoms with Crippen LogP contribution in [0.2, 0.25) is 0 Å². The number of hydrogen-bond donors (Lipinski definition) is 2. The van der Waals surface area contributed by atoms with E-state index in [9.17, 15) is 9.90 Å². The summed E-state index contributed by atoms with van der Waals surface area (Å²) in [6.45, 7) is 2.75. The smallest absolute Gasteiger partial charge is 0.231 e. The van der Waals surface area contributed by atoms with Crippen molar-refractivity contribution in [3.05, 3.63) is 46.7 Å². The van der Waals surface area contributed by atoms with Crippen molar-refractivity contribution in [2.24, 2.45) is 0 Å². The maximum absolute atomic E-state index is 13.0. The van der Waals surface area contributed by atoms with Crippen molar-refractivity contribution in [3.8, 4) is 28.7 Å². The number of aromatic hydroxyl groups is 1. The molecule has 4 rings (SSSR count). The van der Waals surface area contributed by atoms with Crippen LogP contribution in [-0.2, 0) is 6.54 Å². The minimum absolute atomic E-state index is 0.158. The van der Waals surface area contributed by atoms with Crippen LogP contribution in [0.25, 0.3) is 6.08 Å². The Kier molecular flexibility index (Phi) is 5.55. The highest BCUT2D eigenvalue weighted by atomic mass is 16.5. The standard InChI is InChI=1S/C23H25NO6/c1-27-18-12-20(29-3)19(28-2)10-14(18)11-21-22(26)15-6-7-17(25)16(23(15)30-21)13-24-8-4-5-9-24/h6-7,10-12,25H,4-5,8-9,13H2,1-3H3/p+1/b21-11-. The van der Waals surface area contributed by atoms with Crippen molar-refractivity contribution < 1.29 is 33.7 Å². The number of quaternary nitrogens is 1. The number of carbonyl (C=O) groups excluding carboxylic acids is 1. The summed E-state index contributed by atoms with van der Waals surface area (Å²) in [5, 5.41) is 10.4. The number of ketones is 1. The molecule has 30 heavy (non-hydrogen) atoms. The molecule has 1 saturated heterocycles. The van der Waals surface area contributed by atoms with Crippen LogP contribution in [0, 0.1) is 0 Å². The number of phenolic OH excluding ortho intramolecular Hbond substituents is 1. The molecule has 0 radical (unpaired) electrons. The van der Waals surface area contributed by atoms with E-state index in [1.54, 1.807) is 51.7 Å². The SMILES string of the molecule is COc1cc(OC)c(OC)cc1/C=C1\Oc2c(ccc(O)c2C[NH+]2CCCC2)C1=O. The predicted molar refractivity (Wildman–Crippen MR) is 111 cm³/mol. The Hall–Kier alpha value is -3.19. The molecule has 7 nitrogen and oxygen atoms in total. The lowest BCUT2D eigenvalue weighted by molar-refractivity contribution is -0.901. The van der Waals surface area contributed by atoms with Crippen molar-refractivity contribution >= 4 is 11.9 Å². The molecule has 0 atom stereocenters. The molecule has 0 unspecified atom stereocenters. The predicted octanol–water partition coefficient (Wildman–Crippen LogP) is 2.21. The van der Waals surface area contributed by atoms with E-state index in [1.165, 1.54) is 17.7 Å². The van der Waals surface area contributed by atoms with Gasteiger partial charge in [0.1, 0.15) is 18.0 Å². The minimum atomic E-state index is -0.223. The van der Waals surface area contributed by atoms with E-state index in [4.69, 9.17) is 18.9 Å². The molecule has 0 aliphatic carbocycles. The van der Waals surface area contributed by atoms with Gasteiger partial charge in [-0.25, -0.2) is 0 Å². The fourth-order valence-electron chi connectivity index (χ4n) is 4.08. The highest BCUT2D eigenvalue weighted by molar-refractivity contribution is 6.15. The van der Waals surface area contributed by atoms with Gasteiger partial charge in [-0.3, -0.25) is 4.79 Å². The van der Waals surface area contributed by atoms with Crippen molar-refractivity contribution in [1.29, 1.82) is 0 Å². The quantitative estimate of drug-likeness (QED) is 0.709. The number of nitrogens with one attached hydrogen (secondary N) is 1. The molecule has 2 aromatic rings. The van der Waals surface area contributed by atoms with Crippen LogP contribution < -0.4 is 23.8 Å². The number of rotatable bonds is 6. The number of methoxy groups -OCH3 is 3. The van der Waals surface area contributed by atoms with Crippen LogP contribution in [0.1, 0.15) is 34.3 Å². The largest absolute Gasteiger partial charge is 0.507 e. The summed E-state index contributed by atoms with van der Waals surface area (Å²) in [7, 11) is 4.64. The van der Waals surface area contributed by atoms with Crippen LogP contribution in [0.3, 0.4) is 0 Å². The van der Waals surface area contributed by atoms with E-state index in [2.05, 4.69) is 0 Å². The molecule has 158 valence electrons. The molecular formula is C23H26NO6+. The summed E-state index contributed by atoms with van der Waals surface area (Å²) in [4.78, 5) is 14.4. The Morgan fingerprint density at radius 1 is 1.03 bits per heavy atom. The van der Waals surface area contributed by atoms with Gasteiger partial charge >= 0.3 is 0 Å². The van der Waals surface area contributed by atoms with Gasteiger partial charge in [0, 0.05) is 24.5 Å². The normalized spacial score (nSPS) is 17.2. The van der Waals surface area contributed by atoms with Gasteiger partial charge in [0.15, 0.2) is 23.0 Å². The zero-order chi connectivity index (χ0) is 21.3. The zero-order valence-electron chi connectivity index (χ0n) is 17.4. The molecule has 0 saturated carbocycles. The van der Waals surface area contributed by atoms with E-state index < -0.39 is 0 Å². The number of phenols is 1. The molecule has 0 bridgehead atoms. The molecule has 2 aromatic carbocycles. The maximum Gasteiger partial charge on any atom is 0.231 e. The summed E-state index contributed by atoms with van der Waals surface area (Å²) >= 11 is 0. The summed E-state index contributed by atoms with van der Waals surface area (Å²) in [5.41, 5.74) is 1.77. The number of ether oxygens (including phenoxy) is 4. The first-order chi connectivity index (χ1) is 14.5. The van der Waals surface area contributed by atoms with E-state index in [0.29, 0.717) is 46.2 Å². The average Bonchev–Trinajstić information content (AvgIpc) is 3.38. The fraction of sp³-hybridized carbons (Fsp3) is 0.348. The first-order valence-electron chi connectivity index (χ1n) is 9.98. The van der Waals surface area contributed by atoms with E-state index >= 15 is 0 Å². The van der Waals surface area contributed by atoms with Crippen molar-refractivity contribution in [2.75, 3.05) is 34.4 Å². The Morgan fingerprint density at radius 2 is 1.70 bits per heavy atom. The minimum Gasteiger partial charge on any atom is -0.507 e. The number of carbonyl (C=O) groups is 1. The van der Waals surface area contributed by atoms with Gasteiger partial charge < -0.3 is 29.0 Å². The molecular weight excluding hydrogens is 386 g/mol. The molecule has 0 amide bonds. The van der Waals surface area contributed by atoms with Crippen LogP contribution >= 0.6 is 0 Å². The summed E-state index contributed by atoms with van der Waals surface area (Å²) in [6, 6.07) is 6.62. The molecule has 1 fully saturated rings. The van der Waals surface area contributed by atoms with Crippen LogP contribution in [0.4, 0.5) is 0 Å². The van der Waals surface area contributed by atoms with Crippen molar-refractivity contribution in [3.63, 3.8) is 0 Å². The lowest BCUT2D eigenvalue weighted by Crippen LogP contribution is -3.08. The van der Waals surface area contributed by atoms with Gasteiger partial charge in [-0.2, -0.15) is 0 Å². The number of benzene rings is 2. The molecule has 0 spiro atoms. The third-order valence-corrected chi connectivity index (χ3v) is 5.68. The van der Waals surface area contributed by atoms with E-state index in [1.807, 2.05) is 0 Å². The lowest BCUT2D eigenvalue weighted by Gasteiger charge is -2.15. The molecule has 2 aliphatic heterocycles. The Labute approximate surface area is 175 Å². The van der Waals surface area contributed by atoms with Gasteiger partial charge in [0.2, 0.25) is 5.78 Å². The zero-order valence-corrected chi connectivity index (χ0v) is 17.4. The molecule has 2 heterocycles. The fourth-order valence-corrected chi connectivity index (χ4v) is 4.08. The highest BCUT2D eigenvalue weighted by Crippen LogP contribution is 2.41. The van der Waals surface area contributed by atoms with E-state index in [-0.39, 0.29) is 17.3 Å². The van der Waals surface area contributed by atoms with Gasteiger partial charge in [-0.05, 0) is 24.3 Å². The number of hydrogen-bond acceptors (Lipinski definition) is 6. The summed E-state index contributed by atoms with van der Waals surface area (Å²) < 4.78 is 22.1. The van der Waals surface area contributed by atoms with Crippen molar-refractivity contribution in [2.45, 2.75) is 19.4 Å². The van der Waals surface area contributed by atoms with Crippen LogP contribution in [-0.4, -0.2) is 45.3 Å². The van der Waals surface area contributed by atoms with Crippen molar-refractivity contribution in [1.82, 2.24) is 0 Å². The Morgan fingerprint density at radius 3 is 2.37 bits per heavy atom. The Balaban J connectivity index is 1.71. The molecule has 0 aromatic heterocycles. The lowest BCUT2D eigenvalue weighted by atomic mass is 10.0. The number of allylic oxidation sites excluding steroid dienone is 1. The van der Waals surface area contributed by atoms with Gasteiger partial charge in [0.05, 0.1) is 45.5 Å². The average molecular weight is 412 g/mol. The second-order valence-electron chi connectivity index (χ2n) is 7.46. The Bertz CT molecular complexity index is 1010. The number of likely N-dealkylation sites (tertiary alicyclic amines) is 1. The summed E-state index contributed by atoms with van der Waals surface area (Å²) in [6.07, 6.45) is 3.98. The third kappa shape index (κ3) is 3.57. The molecule has 7 heteroatoms. The molecule has 2 N–H and O–H groups in total. The van der Waals surface area contributed by atoms with Gasteiger partial charge in [-0.1, -0.05) is 0 Å². The second kappa shape index (κ2) is 8.28. The number of Topliss-reactive ketones (excluding diaryl/α,β-unsaturated/α-hetero) is 1. The number of fused-ring (bicyclic) bond motifs is 1. The monoisotopic (exact) mass is 412 g/mol. The first kappa shape index (κ1) is 20.1. The van der Waals surface area contributed by atoms with E-state index in [0.717, 1.165) is 13.1 Å². The van der Waals surface area contributed by atoms with Crippen LogP contribution in [0.5, 0.6) is 28.7 Å². The highest BCUT2D eigenvalue weighted by Gasteiger charge is 2.33. The maximum atomic E-state index is 13.0. The molecule has 2 aliphatic rings. The van der Waals surface area contributed by atoms with Gasteiger partial charge in [-0.15, -0.1) is 0 Å². The summed E-state index contributed by atoms with van der Waals surface area (Å²) in [5.74, 6) is 2.13. The topological polar surface area (TPSA) is 78.7 Å². The third-order valence-electron chi connectivity index (χ3n) is 5.68.